The molecule has 0 atom stereocenters. The molecule has 0 aliphatic heterocycles. The molecule has 4 rings (SSSR count). The molecule has 2 N–H and O–H groups in total. The van der Waals surface area contributed by atoms with Crippen LogP contribution in [0.2, 0.25) is 10.0 Å². The highest BCUT2D eigenvalue weighted by atomic mass is 35.5. The number of carboxylic acid groups (broad SMARTS) is 1. The Morgan fingerprint density at radius 1 is 1.20 bits per heavy atom. The van der Waals surface area contributed by atoms with Gasteiger partial charge in [-0.15, -0.1) is 5.10 Å². The molecule has 0 amide bonds. The number of nitrogens with zero attached hydrogens (tertiary/aromatic N) is 3. The number of carbonyl (C=O) groups is 1. The fourth-order valence-corrected chi connectivity index (χ4v) is 4.10. The zero-order chi connectivity index (χ0) is 25.1. The topological polar surface area (TPSA) is 144 Å². The standard InChI is InChI=1S/C22H14Cl2N4O6S/c1-33-17-6-2-11(23)8-15(17)20-25-22(27-26-20)35-19(21(29)30)10-13-4-7-18(34-13)14-9-12(28(31)32)3-5-16(14)24/h2-10H,1H3,(H,29,30)(H,25,26,27)/b19-10-. The molecule has 0 fully saturated rings. The molecule has 178 valence electrons. The zero-order valence-corrected chi connectivity index (χ0v) is 20.0. The van der Waals surface area contributed by atoms with E-state index in [-0.39, 0.29) is 32.3 Å². The Morgan fingerprint density at radius 3 is 2.71 bits per heavy atom. The molecule has 0 unspecified atom stereocenters. The van der Waals surface area contributed by atoms with Crippen LogP contribution in [-0.4, -0.2) is 38.3 Å². The summed E-state index contributed by atoms with van der Waals surface area (Å²) in [5, 5.41) is 28.4. The highest BCUT2D eigenvalue weighted by Crippen LogP contribution is 2.35. The first kappa shape index (κ1) is 24.3. The number of carboxylic acids is 1. The average molecular weight is 533 g/mol. The molecule has 0 saturated heterocycles. The molecule has 0 aliphatic rings. The molecule has 2 aromatic heterocycles. The van der Waals surface area contributed by atoms with Gasteiger partial charge in [0.2, 0.25) is 5.16 Å². The monoisotopic (exact) mass is 532 g/mol. The van der Waals surface area contributed by atoms with Crippen LogP contribution in [0.5, 0.6) is 5.75 Å². The minimum absolute atomic E-state index is 0.125. The second-order valence-electron chi connectivity index (χ2n) is 6.85. The number of halogens is 2. The van der Waals surface area contributed by atoms with Gasteiger partial charge in [-0.3, -0.25) is 15.2 Å². The molecular formula is C22H14Cl2N4O6S. The highest BCUT2D eigenvalue weighted by molar-refractivity contribution is 8.04. The van der Waals surface area contributed by atoms with E-state index in [1.54, 1.807) is 18.2 Å². The van der Waals surface area contributed by atoms with Crippen LogP contribution < -0.4 is 4.74 Å². The van der Waals surface area contributed by atoms with Crippen molar-refractivity contribution in [1.82, 2.24) is 15.2 Å². The predicted molar refractivity (Wildman–Crippen MR) is 131 cm³/mol. The van der Waals surface area contributed by atoms with Gasteiger partial charge in [-0.05, 0) is 48.2 Å². The summed E-state index contributed by atoms with van der Waals surface area (Å²) in [6.07, 6.45) is 1.29. The predicted octanol–water partition coefficient (Wildman–Crippen LogP) is 6.17. The van der Waals surface area contributed by atoms with Gasteiger partial charge < -0.3 is 14.3 Å². The number of thioether (sulfide) groups is 1. The number of ether oxygens (including phenoxy) is 1. The third-order valence-electron chi connectivity index (χ3n) is 4.62. The Kier molecular flexibility index (Phi) is 7.10. The van der Waals surface area contributed by atoms with E-state index in [2.05, 4.69) is 15.2 Å². The maximum Gasteiger partial charge on any atom is 0.342 e. The number of nitro benzene ring substituents is 1. The molecule has 0 spiro atoms. The van der Waals surface area contributed by atoms with Crippen molar-refractivity contribution in [3.63, 3.8) is 0 Å². The Bertz CT molecular complexity index is 1470. The van der Waals surface area contributed by atoms with Crippen LogP contribution in [0.15, 0.2) is 63.0 Å². The first-order chi connectivity index (χ1) is 16.7. The summed E-state index contributed by atoms with van der Waals surface area (Å²) in [7, 11) is 1.50. The van der Waals surface area contributed by atoms with Crippen LogP contribution >= 0.6 is 35.0 Å². The molecule has 0 aliphatic carbocycles. The molecule has 13 heteroatoms. The number of hydrogen-bond acceptors (Lipinski definition) is 8. The molecular weight excluding hydrogens is 519 g/mol. The zero-order valence-electron chi connectivity index (χ0n) is 17.7. The number of aliphatic carboxylic acids is 1. The lowest BCUT2D eigenvalue weighted by molar-refractivity contribution is -0.384. The molecule has 35 heavy (non-hydrogen) atoms. The lowest BCUT2D eigenvalue weighted by Crippen LogP contribution is -1.97. The minimum Gasteiger partial charge on any atom is -0.496 e. The summed E-state index contributed by atoms with van der Waals surface area (Å²) >= 11 is 13.0. The first-order valence-corrected chi connectivity index (χ1v) is 11.3. The van der Waals surface area contributed by atoms with Crippen molar-refractivity contribution >= 4 is 52.7 Å². The lowest BCUT2D eigenvalue weighted by atomic mass is 10.1. The summed E-state index contributed by atoms with van der Waals surface area (Å²) in [6.45, 7) is 0. The number of furan rings is 1. The maximum atomic E-state index is 11.9. The fraction of sp³-hybridized carbons (Fsp3) is 0.0455. The van der Waals surface area contributed by atoms with E-state index in [1.807, 2.05) is 0 Å². The SMILES string of the molecule is COc1ccc(Cl)cc1-c1nc(S/C(=C\c2ccc(-c3cc([N+](=O)[O-])ccc3Cl)o2)C(=O)O)n[nH]1. The van der Waals surface area contributed by atoms with Crippen LogP contribution in [0.1, 0.15) is 5.76 Å². The third-order valence-corrected chi connectivity index (χ3v) is 6.06. The van der Waals surface area contributed by atoms with Gasteiger partial charge in [0.05, 0.1) is 22.6 Å². The Labute approximate surface area is 211 Å². The molecule has 0 bridgehead atoms. The summed E-state index contributed by atoms with van der Waals surface area (Å²) in [5.74, 6) is 0.0666. The molecule has 0 saturated carbocycles. The number of nitrogens with one attached hydrogen (secondary N) is 1. The number of H-pyrrole nitrogens is 1. The summed E-state index contributed by atoms with van der Waals surface area (Å²) in [6, 6.07) is 12.0. The van der Waals surface area contributed by atoms with Crippen molar-refractivity contribution in [2.24, 2.45) is 0 Å². The number of aromatic nitrogens is 3. The van der Waals surface area contributed by atoms with E-state index in [1.165, 1.54) is 43.5 Å². The highest BCUT2D eigenvalue weighted by Gasteiger charge is 2.18. The van der Waals surface area contributed by atoms with Gasteiger partial charge in [0.15, 0.2) is 5.82 Å². The smallest absolute Gasteiger partial charge is 0.342 e. The average Bonchev–Trinajstić information content (AvgIpc) is 3.48. The summed E-state index contributed by atoms with van der Waals surface area (Å²) in [5.41, 5.74) is 0.709. The Morgan fingerprint density at radius 2 is 2.00 bits per heavy atom. The van der Waals surface area contributed by atoms with E-state index in [0.29, 0.717) is 27.7 Å². The van der Waals surface area contributed by atoms with Crippen LogP contribution in [0.25, 0.3) is 28.8 Å². The number of nitro groups is 1. The van der Waals surface area contributed by atoms with Crippen molar-refractivity contribution in [2.75, 3.05) is 7.11 Å². The maximum absolute atomic E-state index is 11.9. The van der Waals surface area contributed by atoms with Crippen molar-refractivity contribution in [2.45, 2.75) is 5.16 Å². The largest absolute Gasteiger partial charge is 0.496 e. The second-order valence-corrected chi connectivity index (χ2v) is 8.70. The fourth-order valence-electron chi connectivity index (χ4n) is 3.03. The van der Waals surface area contributed by atoms with Gasteiger partial charge in [-0.2, -0.15) is 0 Å². The summed E-state index contributed by atoms with van der Waals surface area (Å²) < 4.78 is 11.0. The number of hydrogen-bond donors (Lipinski definition) is 2. The van der Waals surface area contributed by atoms with Gasteiger partial charge in [0, 0.05) is 28.8 Å². The Balaban J connectivity index is 1.61. The number of benzene rings is 2. The van der Waals surface area contributed by atoms with E-state index in [4.69, 9.17) is 32.4 Å². The van der Waals surface area contributed by atoms with Gasteiger partial charge in [-0.25, -0.2) is 9.78 Å². The normalized spacial score (nSPS) is 11.5. The van der Waals surface area contributed by atoms with E-state index in [0.717, 1.165) is 11.8 Å². The van der Waals surface area contributed by atoms with Crippen molar-refractivity contribution in [1.29, 1.82) is 0 Å². The van der Waals surface area contributed by atoms with Gasteiger partial charge in [-0.1, -0.05) is 23.2 Å². The summed E-state index contributed by atoms with van der Waals surface area (Å²) in [4.78, 5) is 26.6. The number of aromatic amines is 1. The van der Waals surface area contributed by atoms with Crippen molar-refractivity contribution in [3.05, 3.63) is 79.4 Å². The van der Waals surface area contributed by atoms with Crippen LogP contribution in [-0.2, 0) is 4.79 Å². The molecule has 0 radical (unpaired) electrons. The quantitative estimate of drug-likeness (QED) is 0.117. The number of non-ortho nitro benzene ring substituents is 1. The molecule has 2 aromatic carbocycles. The lowest BCUT2D eigenvalue weighted by Gasteiger charge is -2.05. The van der Waals surface area contributed by atoms with Crippen LogP contribution in [0.4, 0.5) is 5.69 Å². The van der Waals surface area contributed by atoms with Crippen molar-refractivity contribution < 1.29 is 24.0 Å². The van der Waals surface area contributed by atoms with E-state index >= 15 is 0 Å². The van der Waals surface area contributed by atoms with Crippen molar-refractivity contribution in [3.8, 4) is 28.5 Å². The molecule has 10 nitrogen and oxygen atoms in total. The number of rotatable bonds is 8. The minimum atomic E-state index is -1.23. The molecule has 4 aromatic rings. The molecule has 2 heterocycles. The van der Waals surface area contributed by atoms with Crippen LogP contribution in [0.3, 0.4) is 0 Å². The van der Waals surface area contributed by atoms with Gasteiger partial charge >= 0.3 is 5.97 Å². The van der Waals surface area contributed by atoms with E-state index in [9.17, 15) is 20.0 Å². The number of methoxy groups -OCH3 is 1. The Hall–Kier alpha value is -3.80. The van der Waals surface area contributed by atoms with E-state index < -0.39 is 10.9 Å². The van der Waals surface area contributed by atoms with Gasteiger partial charge in [0.25, 0.3) is 5.69 Å². The van der Waals surface area contributed by atoms with Crippen LogP contribution in [0, 0.1) is 10.1 Å². The third kappa shape index (κ3) is 5.48. The second kappa shape index (κ2) is 10.2. The van der Waals surface area contributed by atoms with Gasteiger partial charge in [0.1, 0.15) is 22.2 Å². The first-order valence-electron chi connectivity index (χ1n) is 9.68.